The van der Waals surface area contributed by atoms with E-state index in [-0.39, 0.29) is 0 Å². The van der Waals surface area contributed by atoms with Gasteiger partial charge in [-0.3, -0.25) is 0 Å². The first-order valence-corrected chi connectivity index (χ1v) is 9.17. The Bertz CT molecular complexity index is 1030. The molecule has 1 heterocycles. The van der Waals surface area contributed by atoms with Crippen LogP contribution in [0, 0.1) is 0 Å². The van der Waals surface area contributed by atoms with Crippen LogP contribution in [0.15, 0.2) is 49.0 Å². The Morgan fingerprint density at radius 3 is 2.77 bits per heavy atom. The van der Waals surface area contributed by atoms with Gasteiger partial charge in [0.2, 0.25) is 0 Å². The minimum atomic E-state index is 0.957. The molecular weight excluding hydrogens is 318 g/mol. The Balaban J connectivity index is 1.84. The van der Waals surface area contributed by atoms with Gasteiger partial charge < -0.3 is 4.74 Å². The van der Waals surface area contributed by atoms with E-state index in [4.69, 9.17) is 9.72 Å². The lowest BCUT2D eigenvalue weighted by molar-refractivity contribution is 0.410. The lowest BCUT2D eigenvalue weighted by Gasteiger charge is -2.10. The van der Waals surface area contributed by atoms with E-state index in [0.717, 1.165) is 41.8 Å². The lowest BCUT2D eigenvalue weighted by Crippen LogP contribution is -1.94. The Morgan fingerprint density at radius 1 is 1.15 bits per heavy atom. The highest BCUT2D eigenvalue weighted by Gasteiger charge is 2.22. The van der Waals surface area contributed by atoms with Gasteiger partial charge in [0.15, 0.2) is 0 Å². The van der Waals surface area contributed by atoms with Crippen molar-refractivity contribution in [3.05, 3.63) is 77.0 Å². The van der Waals surface area contributed by atoms with Gasteiger partial charge in [0, 0.05) is 5.39 Å². The number of aryl methyl sites for hydroxylation is 1. The molecular formula is C24H23NO. The number of methoxy groups -OCH3 is 1. The predicted octanol–water partition coefficient (Wildman–Crippen LogP) is 5.94. The second-order valence-electron chi connectivity index (χ2n) is 6.67. The van der Waals surface area contributed by atoms with Crippen molar-refractivity contribution in [1.29, 1.82) is 0 Å². The molecule has 0 radical (unpaired) electrons. The lowest BCUT2D eigenvalue weighted by atomic mass is 10.0. The summed E-state index contributed by atoms with van der Waals surface area (Å²) in [6.07, 6.45) is 7.23. The molecule has 0 amide bonds. The number of pyridine rings is 1. The molecule has 0 saturated heterocycles. The third-order valence-corrected chi connectivity index (χ3v) is 5.22. The second-order valence-corrected chi connectivity index (χ2v) is 6.67. The summed E-state index contributed by atoms with van der Waals surface area (Å²) in [5.74, 6) is 0.957. The van der Waals surface area contributed by atoms with Crippen LogP contribution in [0.2, 0.25) is 0 Å². The van der Waals surface area contributed by atoms with Gasteiger partial charge >= 0.3 is 0 Å². The molecule has 1 aromatic heterocycles. The highest BCUT2D eigenvalue weighted by Crippen LogP contribution is 2.38. The van der Waals surface area contributed by atoms with Crippen LogP contribution in [0.25, 0.3) is 28.6 Å². The number of fused-ring (bicyclic) bond motifs is 2. The molecule has 2 nitrogen and oxygen atoms in total. The van der Waals surface area contributed by atoms with E-state index in [9.17, 15) is 0 Å². The second kappa shape index (κ2) is 6.80. The fourth-order valence-electron chi connectivity index (χ4n) is 3.89. The predicted molar refractivity (Wildman–Crippen MR) is 110 cm³/mol. The Labute approximate surface area is 154 Å². The van der Waals surface area contributed by atoms with Gasteiger partial charge in [-0.25, -0.2) is 4.98 Å². The molecule has 0 spiro atoms. The molecule has 0 bridgehead atoms. The summed E-state index contributed by atoms with van der Waals surface area (Å²) in [4.78, 5) is 4.97. The molecule has 4 rings (SSSR count). The quantitative estimate of drug-likeness (QED) is 0.586. The number of ether oxygens (including phenoxy) is 1. The zero-order valence-electron chi connectivity index (χ0n) is 15.4. The van der Waals surface area contributed by atoms with E-state index in [1.165, 1.54) is 27.6 Å². The normalized spacial score (nSPS) is 14.6. The molecule has 0 aliphatic heterocycles. The third kappa shape index (κ3) is 2.72. The first-order valence-electron chi connectivity index (χ1n) is 9.17. The minimum Gasteiger partial charge on any atom is -0.496 e. The zero-order chi connectivity index (χ0) is 18.1. The number of para-hydroxylation sites is 1. The molecule has 0 N–H and O–H groups in total. The smallest absolute Gasteiger partial charge is 0.122 e. The van der Waals surface area contributed by atoms with Gasteiger partial charge in [-0.1, -0.05) is 49.9 Å². The van der Waals surface area contributed by atoms with E-state index < -0.39 is 0 Å². The van der Waals surface area contributed by atoms with E-state index in [1.54, 1.807) is 7.11 Å². The van der Waals surface area contributed by atoms with E-state index in [1.807, 2.05) is 12.1 Å². The van der Waals surface area contributed by atoms with E-state index in [0.29, 0.717) is 0 Å². The molecule has 1 aliphatic carbocycles. The Morgan fingerprint density at radius 2 is 2.00 bits per heavy atom. The summed E-state index contributed by atoms with van der Waals surface area (Å²) in [5, 5.41) is 1.19. The highest BCUT2D eigenvalue weighted by atomic mass is 16.5. The van der Waals surface area contributed by atoms with Crippen molar-refractivity contribution in [2.45, 2.75) is 26.2 Å². The molecule has 26 heavy (non-hydrogen) atoms. The fourth-order valence-corrected chi connectivity index (χ4v) is 3.89. The number of hydrogen-bond acceptors (Lipinski definition) is 2. The van der Waals surface area contributed by atoms with Crippen LogP contribution in [0.1, 0.15) is 41.3 Å². The summed E-state index contributed by atoms with van der Waals surface area (Å²) in [7, 11) is 1.74. The van der Waals surface area contributed by atoms with Crippen LogP contribution < -0.4 is 4.74 Å². The van der Waals surface area contributed by atoms with E-state index >= 15 is 0 Å². The van der Waals surface area contributed by atoms with Crippen molar-refractivity contribution in [3.63, 3.8) is 0 Å². The van der Waals surface area contributed by atoms with Crippen LogP contribution >= 0.6 is 0 Å². The van der Waals surface area contributed by atoms with Crippen molar-refractivity contribution in [3.8, 4) is 5.75 Å². The largest absolute Gasteiger partial charge is 0.496 e. The first kappa shape index (κ1) is 16.6. The van der Waals surface area contributed by atoms with Gasteiger partial charge in [0.1, 0.15) is 5.75 Å². The fraction of sp³-hybridized carbons (Fsp3) is 0.208. The SMILES string of the molecule is C=Cc1c2c(nc3ccccc13)/C(=C/c1ccc(CC)c(OC)c1)CC2. The number of aromatic nitrogens is 1. The molecule has 130 valence electrons. The van der Waals surface area contributed by atoms with Crippen LogP contribution in [-0.2, 0) is 12.8 Å². The van der Waals surface area contributed by atoms with Gasteiger partial charge in [0.05, 0.1) is 18.3 Å². The molecule has 0 fully saturated rings. The third-order valence-electron chi connectivity index (χ3n) is 5.22. The highest BCUT2D eigenvalue weighted by molar-refractivity contribution is 5.95. The maximum Gasteiger partial charge on any atom is 0.122 e. The van der Waals surface area contributed by atoms with Gasteiger partial charge in [0.25, 0.3) is 0 Å². The number of benzene rings is 2. The van der Waals surface area contributed by atoms with E-state index in [2.05, 4.69) is 56.0 Å². The molecule has 0 atom stereocenters. The molecule has 2 heteroatoms. The average molecular weight is 341 g/mol. The number of allylic oxidation sites excluding steroid dienone is 1. The van der Waals surface area contributed by atoms with Crippen molar-refractivity contribution >= 4 is 28.6 Å². The van der Waals surface area contributed by atoms with Gasteiger partial charge in [-0.15, -0.1) is 0 Å². The molecule has 0 saturated carbocycles. The van der Waals surface area contributed by atoms with Gasteiger partial charge in [-0.05, 0) is 65.3 Å². The van der Waals surface area contributed by atoms with Crippen molar-refractivity contribution < 1.29 is 4.74 Å². The average Bonchev–Trinajstić information content (AvgIpc) is 3.08. The van der Waals surface area contributed by atoms with Crippen LogP contribution in [0.3, 0.4) is 0 Å². The summed E-state index contributed by atoms with van der Waals surface area (Å²) in [5.41, 5.74) is 8.40. The Kier molecular flexibility index (Phi) is 4.34. The van der Waals surface area contributed by atoms with Crippen LogP contribution in [-0.4, -0.2) is 12.1 Å². The number of rotatable bonds is 4. The Hall–Kier alpha value is -2.87. The van der Waals surface area contributed by atoms with Crippen molar-refractivity contribution in [1.82, 2.24) is 4.98 Å². The molecule has 0 unspecified atom stereocenters. The number of nitrogens with zero attached hydrogens (tertiary/aromatic N) is 1. The number of hydrogen-bond donors (Lipinski definition) is 0. The first-order chi connectivity index (χ1) is 12.7. The van der Waals surface area contributed by atoms with Crippen LogP contribution in [0.4, 0.5) is 0 Å². The summed E-state index contributed by atoms with van der Waals surface area (Å²) in [6, 6.07) is 14.8. The maximum absolute atomic E-state index is 5.55. The topological polar surface area (TPSA) is 22.1 Å². The summed E-state index contributed by atoms with van der Waals surface area (Å²) >= 11 is 0. The standard InChI is InChI=1S/C24H23NO/c1-4-17-11-10-16(15-23(17)26-3)14-18-12-13-21-19(5-2)20-8-6-7-9-22(20)25-24(18)21/h5-11,14-15H,2,4,12-13H2,1,3H3/b18-14+. The monoisotopic (exact) mass is 341 g/mol. The molecule has 1 aliphatic rings. The summed E-state index contributed by atoms with van der Waals surface area (Å²) in [6.45, 7) is 6.19. The molecule has 3 aromatic rings. The van der Waals surface area contributed by atoms with Crippen LogP contribution in [0.5, 0.6) is 5.75 Å². The summed E-state index contributed by atoms with van der Waals surface area (Å²) < 4.78 is 5.55. The van der Waals surface area contributed by atoms with Gasteiger partial charge in [-0.2, -0.15) is 0 Å². The van der Waals surface area contributed by atoms with Crippen molar-refractivity contribution in [2.75, 3.05) is 7.11 Å². The molecule has 2 aromatic carbocycles. The van der Waals surface area contributed by atoms with Crippen molar-refractivity contribution in [2.24, 2.45) is 0 Å². The minimum absolute atomic E-state index is 0.957. The zero-order valence-corrected chi connectivity index (χ0v) is 15.4. The maximum atomic E-state index is 5.55.